The molecular weight excluding hydrogens is 1310 g/mol. The third-order valence-electron chi connectivity index (χ3n) is 14.2. The highest BCUT2D eigenvalue weighted by atomic mass is 35.5. The molecule has 97 heavy (non-hydrogen) atoms. The summed E-state index contributed by atoms with van der Waals surface area (Å²) in [5.41, 5.74) is 16.8. The van der Waals surface area contributed by atoms with Crippen molar-refractivity contribution in [3.8, 4) is 0 Å². The summed E-state index contributed by atoms with van der Waals surface area (Å²) in [4.78, 5) is 98.1. The molecule has 6 aromatic carbocycles. The van der Waals surface area contributed by atoms with E-state index in [0.29, 0.717) is 57.0 Å². The number of imide groups is 3. The maximum absolute atomic E-state index is 12.4. The SMILES string of the molecule is Cc1n[nH]c(C)c1NC(=O)NC(=O)CCl.Cc1n[nH]c(C)c1NC(=O)NC(=O)CSc1nc2ccccc2nc1Cc1ccccc1.Cc1n[nH]c(C)c1NC(=O)NC(=O)CSc1nc2ccccc2nc1Cc1ccccc1.S=c1[nH]c2ccccc2nc1Cc1ccccc1. The van der Waals surface area contributed by atoms with Crippen LogP contribution in [0.15, 0.2) is 174 Å². The van der Waals surface area contributed by atoms with Crippen LogP contribution in [0.2, 0.25) is 0 Å². The number of aryl methyl sites for hydroxylation is 6. The number of aromatic nitrogens is 12. The molecule has 0 bridgehead atoms. The Balaban J connectivity index is 0.000000159. The van der Waals surface area contributed by atoms with Crippen LogP contribution in [0.5, 0.6) is 0 Å². The molecule has 12 rings (SSSR count). The van der Waals surface area contributed by atoms with Crippen molar-refractivity contribution in [1.29, 1.82) is 0 Å². The predicted octanol–water partition coefficient (Wildman–Crippen LogP) is 12.8. The van der Waals surface area contributed by atoms with Gasteiger partial charge in [0.25, 0.3) is 0 Å². The number of halogens is 1. The molecule has 0 fully saturated rings. The van der Waals surface area contributed by atoms with Gasteiger partial charge in [-0.1, -0.05) is 163 Å². The second-order valence-electron chi connectivity index (χ2n) is 21.6. The molecule has 24 nitrogen and oxygen atoms in total. The Morgan fingerprint density at radius 3 is 1.06 bits per heavy atom. The second-order valence-corrected chi connectivity index (χ2v) is 24.2. The number of anilines is 3. The van der Waals surface area contributed by atoms with Crippen molar-refractivity contribution in [2.24, 2.45) is 0 Å². The zero-order valence-electron chi connectivity index (χ0n) is 53.5. The van der Waals surface area contributed by atoms with Crippen molar-refractivity contribution in [2.75, 3.05) is 33.3 Å². The normalized spacial score (nSPS) is 10.6. The van der Waals surface area contributed by atoms with Crippen LogP contribution in [0, 0.1) is 46.2 Å². The lowest BCUT2D eigenvalue weighted by atomic mass is 10.1. The monoisotopic (exact) mass is 1370 g/mol. The largest absolute Gasteiger partial charge is 0.343 e. The number of carbonyl (C=O) groups excluding carboxylic acids is 6. The molecule has 6 aromatic heterocycles. The molecule has 0 saturated carbocycles. The molecule has 0 aliphatic rings. The number of alkyl halides is 1. The topological polar surface area (TPSA) is 341 Å². The Morgan fingerprint density at radius 2 is 0.711 bits per heavy atom. The number of hydrogen-bond donors (Lipinski definition) is 10. The Bertz CT molecular complexity index is 4560. The molecule has 0 atom stereocenters. The molecule has 28 heteroatoms. The van der Waals surface area contributed by atoms with E-state index >= 15 is 0 Å². The number of nitrogens with one attached hydrogen (secondary N) is 10. The molecule has 0 aliphatic heterocycles. The summed E-state index contributed by atoms with van der Waals surface area (Å²) in [7, 11) is 0. The Labute approximate surface area is 575 Å². The highest BCUT2D eigenvalue weighted by Crippen LogP contribution is 2.27. The number of para-hydroxylation sites is 6. The number of carbonyl (C=O) groups is 6. The second kappa shape index (κ2) is 34.4. The zero-order chi connectivity index (χ0) is 68.8. The van der Waals surface area contributed by atoms with Crippen LogP contribution < -0.4 is 31.9 Å². The van der Waals surface area contributed by atoms with Gasteiger partial charge in [-0.05, 0) is 94.6 Å². The molecule has 0 unspecified atom stereocenters. The fourth-order valence-electron chi connectivity index (χ4n) is 9.45. The molecule has 6 heterocycles. The van der Waals surface area contributed by atoms with Gasteiger partial charge in [-0.3, -0.25) is 45.6 Å². The van der Waals surface area contributed by atoms with Crippen molar-refractivity contribution in [2.45, 2.75) is 70.9 Å². The van der Waals surface area contributed by atoms with Gasteiger partial charge in [0.1, 0.15) is 20.6 Å². The molecule has 0 saturated heterocycles. The maximum Gasteiger partial charge on any atom is 0.326 e. The van der Waals surface area contributed by atoms with Crippen LogP contribution in [0.4, 0.5) is 31.4 Å². The summed E-state index contributed by atoms with van der Waals surface area (Å²) in [5.74, 6) is -1.58. The molecule has 0 radical (unpaired) electrons. The van der Waals surface area contributed by atoms with Crippen LogP contribution in [-0.2, 0) is 33.6 Å². The highest BCUT2D eigenvalue weighted by molar-refractivity contribution is 8.00. The first-order valence-electron chi connectivity index (χ1n) is 30.2. The van der Waals surface area contributed by atoms with Crippen LogP contribution in [0.25, 0.3) is 33.1 Å². The van der Waals surface area contributed by atoms with E-state index in [2.05, 4.69) is 84.6 Å². The number of fused-ring (bicyclic) bond motifs is 3. The van der Waals surface area contributed by atoms with Gasteiger partial charge in [0.15, 0.2) is 0 Å². The van der Waals surface area contributed by atoms with Gasteiger partial charge in [0.2, 0.25) is 17.7 Å². The smallest absolute Gasteiger partial charge is 0.326 e. The third-order valence-corrected chi connectivity index (χ3v) is 16.8. The van der Waals surface area contributed by atoms with Gasteiger partial charge in [-0.15, -0.1) is 11.6 Å². The number of rotatable bonds is 16. The summed E-state index contributed by atoms with van der Waals surface area (Å²) in [5, 5.41) is 36.1. The number of thioether (sulfide) groups is 2. The van der Waals surface area contributed by atoms with Crippen molar-refractivity contribution >= 4 is 133 Å². The van der Waals surface area contributed by atoms with Crippen LogP contribution in [0.3, 0.4) is 0 Å². The molecule has 494 valence electrons. The van der Waals surface area contributed by atoms with E-state index in [1.165, 1.54) is 29.1 Å². The number of benzene rings is 6. The number of amides is 9. The summed E-state index contributed by atoms with van der Waals surface area (Å²) < 4.78 is 0.720. The maximum atomic E-state index is 12.4. The van der Waals surface area contributed by atoms with Gasteiger partial charge in [0.05, 0.1) is 113 Å². The number of aromatic amines is 4. The average molecular weight is 1380 g/mol. The van der Waals surface area contributed by atoms with Gasteiger partial charge in [-0.25, -0.2) is 39.3 Å². The van der Waals surface area contributed by atoms with E-state index in [1.807, 2.05) is 152 Å². The van der Waals surface area contributed by atoms with E-state index in [9.17, 15) is 28.8 Å². The van der Waals surface area contributed by atoms with Gasteiger partial charge in [0, 0.05) is 19.3 Å². The average Bonchev–Trinajstić information content (AvgIpc) is 1.56. The van der Waals surface area contributed by atoms with E-state index < -0.39 is 35.8 Å². The minimum atomic E-state index is -0.617. The summed E-state index contributed by atoms with van der Waals surface area (Å²) in [6, 6.07) is 51.6. The minimum absolute atomic E-state index is 0.0333. The molecule has 9 amide bonds. The van der Waals surface area contributed by atoms with E-state index in [1.54, 1.807) is 41.5 Å². The number of nitrogens with zero attached hydrogens (tertiary/aromatic N) is 8. The Hall–Kier alpha value is -11.0. The molecule has 0 aliphatic carbocycles. The highest BCUT2D eigenvalue weighted by Gasteiger charge is 2.19. The summed E-state index contributed by atoms with van der Waals surface area (Å²) in [6.45, 7) is 10.6. The van der Waals surface area contributed by atoms with Crippen molar-refractivity contribution in [1.82, 2.24) is 76.4 Å². The predicted molar refractivity (Wildman–Crippen MR) is 382 cm³/mol. The number of H-pyrrole nitrogens is 4. The summed E-state index contributed by atoms with van der Waals surface area (Å²) >= 11 is 13.1. The third kappa shape index (κ3) is 20.5. The first kappa shape index (κ1) is 70.3. The van der Waals surface area contributed by atoms with Crippen molar-refractivity contribution in [3.63, 3.8) is 0 Å². The van der Waals surface area contributed by atoms with Gasteiger partial charge in [-0.2, -0.15) is 15.3 Å². The van der Waals surface area contributed by atoms with E-state index in [-0.39, 0.29) is 17.4 Å². The van der Waals surface area contributed by atoms with E-state index in [4.69, 9.17) is 43.8 Å². The Kier molecular flexibility index (Phi) is 25.0. The molecular formula is C69H67ClN18O6S3. The van der Waals surface area contributed by atoms with E-state index in [0.717, 1.165) is 89.5 Å². The Morgan fingerprint density at radius 1 is 0.402 bits per heavy atom. The molecule has 12 aromatic rings. The van der Waals surface area contributed by atoms with Gasteiger partial charge < -0.3 is 20.9 Å². The van der Waals surface area contributed by atoms with Crippen molar-refractivity contribution in [3.05, 3.63) is 236 Å². The first-order valence-corrected chi connectivity index (χ1v) is 33.1. The number of hydrogen-bond acceptors (Lipinski definition) is 17. The first-order chi connectivity index (χ1) is 46.8. The molecule has 0 spiro atoms. The lowest BCUT2D eigenvalue weighted by molar-refractivity contribution is -0.118. The fourth-order valence-corrected chi connectivity index (χ4v) is 11.3. The lowest BCUT2D eigenvalue weighted by Gasteiger charge is -2.10. The van der Waals surface area contributed by atoms with Crippen LogP contribution >= 0.6 is 47.3 Å². The summed E-state index contributed by atoms with van der Waals surface area (Å²) in [6.07, 6.45) is 1.96. The van der Waals surface area contributed by atoms with Crippen molar-refractivity contribution < 1.29 is 28.8 Å². The van der Waals surface area contributed by atoms with Crippen LogP contribution in [-0.4, -0.2) is 114 Å². The fraction of sp³-hybridized carbons (Fsp3) is 0.174. The zero-order valence-corrected chi connectivity index (χ0v) is 56.7. The number of urea groups is 3. The minimum Gasteiger partial charge on any atom is -0.343 e. The lowest BCUT2D eigenvalue weighted by Crippen LogP contribution is -2.35. The van der Waals surface area contributed by atoms with Gasteiger partial charge >= 0.3 is 18.1 Å². The van der Waals surface area contributed by atoms with Crippen LogP contribution in [0.1, 0.15) is 67.9 Å². The quantitative estimate of drug-likeness (QED) is 0.0244. The molecule has 10 N–H and O–H groups in total. The standard InChI is InChI=1S/2C23H22N6O2S.C15H12N2S.C8H11ClN4O2/c2*1-14-21(15(2)29-28-14)27-23(31)26-20(30)13-32-22-19(12-16-8-4-3-5-9-16)24-17-10-6-7-11-18(17)25-22;18-15-14(10-11-6-2-1-3-7-11)16-12-8-4-5-9-13(12)17-15;1-4-7(5(2)13-12-4)11-8(15)10-6(14)3-9/h2*3-11H,12-13H2,1-2H3,(H,28,29)(H2,26,27,30,31);1-9H,10H2,(H,17,18);3H2,1-2H3,(H,12,13)(H2,10,11,14,15).